The van der Waals surface area contributed by atoms with Crippen LogP contribution in [0.2, 0.25) is 5.02 Å². The van der Waals surface area contributed by atoms with Gasteiger partial charge < -0.3 is 10.5 Å². The number of halogens is 2. The van der Waals surface area contributed by atoms with Crippen molar-refractivity contribution in [3.63, 3.8) is 0 Å². The fourth-order valence-corrected chi connectivity index (χ4v) is 1.99. The van der Waals surface area contributed by atoms with E-state index in [0.29, 0.717) is 17.3 Å². The highest BCUT2D eigenvalue weighted by Crippen LogP contribution is 2.29. The molecule has 0 radical (unpaired) electrons. The van der Waals surface area contributed by atoms with E-state index in [2.05, 4.69) is 15.9 Å². The SMILES string of the molecule is NCc1ccc(Cl)cc1Oc1cccc(Br)c1. The molecule has 0 aromatic heterocycles. The second-order valence-corrected chi connectivity index (χ2v) is 4.87. The second-order valence-electron chi connectivity index (χ2n) is 3.52. The van der Waals surface area contributed by atoms with Crippen LogP contribution in [0.25, 0.3) is 0 Å². The summed E-state index contributed by atoms with van der Waals surface area (Å²) in [5, 5.41) is 0.632. The van der Waals surface area contributed by atoms with Crippen molar-refractivity contribution in [1.82, 2.24) is 0 Å². The smallest absolute Gasteiger partial charge is 0.133 e. The Morgan fingerprint density at radius 2 is 2.00 bits per heavy atom. The summed E-state index contributed by atoms with van der Waals surface area (Å²) in [5.41, 5.74) is 6.58. The topological polar surface area (TPSA) is 35.2 Å². The summed E-state index contributed by atoms with van der Waals surface area (Å²) >= 11 is 9.34. The maximum absolute atomic E-state index is 5.94. The first-order valence-electron chi connectivity index (χ1n) is 5.11. The van der Waals surface area contributed by atoms with Crippen LogP contribution in [-0.2, 0) is 6.54 Å². The van der Waals surface area contributed by atoms with Gasteiger partial charge in [0.1, 0.15) is 11.5 Å². The lowest BCUT2D eigenvalue weighted by molar-refractivity contribution is 0.476. The van der Waals surface area contributed by atoms with Gasteiger partial charge in [0.05, 0.1) is 0 Å². The van der Waals surface area contributed by atoms with Crippen molar-refractivity contribution in [2.24, 2.45) is 5.73 Å². The van der Waals surface area contributed by atoms with Crippen molar-refractivity contribution in [2.75, 3.05) is 0 Å². The molecule has 2 rings (SSSR count). The van der Waals surface area contributed by atoms with Gasteiger partial charge in [0, 0.05) is 21.6 Å². The molecule has 0 atom stereocenters. The van der Waals surface area contributed by atoms with Crippen LogP contribution >= 0.6 is 27.5 Å². The van der Waals surface area contributed by atoms with Gasteiger partial charge >= 0.3 is 0 Å². The van der Waals surface area contributed by atoms with E-state index in [1.54, 1.807) is 12.1 Å². The van der Waals surface area contributed by atoms with E-state index < -0.39 is 0 Å². The van der Waals surface area contributed by atoms with E-state index in [4.69, 9.17) is 22.1 Å². The zero-order chi connectivity index (χ0) is 12.3. The largest absolute Gasteiger partial charge is 0.457 e. The fraction of sp³-hybridized carbons (Fsp3) is 0.0769. The van der Waals surface area contributed by atoms with Crippen molar-refractivity contribution in [2.45, 2.75) is 6.54 Å². The number of rotatable bonds is 3. The molecule has 0 unspecified atom stereocenters. The van der Waals surface area contributed by atoms with Crippen molar-refractivity contribution in [1.29, 1.82) is 0 Å². The third-order valence-corrected chi connectivity index (χ3v) is 3.00. The number of ether oxygens (including phenoxy) is 1. The average Bonchev–Trinajstić information content (AvgIpc) is 2.29. The molecule has 4 heteroatoms. The summed E-state index contributed by atoms with van der Waals surface area (Å²) in [4.78, 5) is 0. The van der Waals surface area contributed by atoms with Gasteiger partial charge in [0.25, 0.3) is 0 Å². The maximum Gasteiger partial charge on any atom is 0.133 e. The molecule has 0 bridgehead atoms. The summed E-state index contributed by atoms with van der Waals surface area (Å²) < 4.78 is 6.73. The first kappa shape index (κ1) is 12.4. The van der Waals surface area contributed by atoms with E-state index >= 15 is 0 Å². The van der Waals surface area contributed by atoms with Gasteiger partial charge in [0.2, 0.25) is 0 Å². The van der Waals surface area contributed by atoms with E-state index in [9.17, 15) is 0 Å². The van der Waals surface area contributed by atoms with E-state index in [-0.39, 0.29) is 0 Å². The molecule has 2 aromatic carbocycles. The van der Waals surface area contributed by atoms with Gasteiger partial charge in [-0.15, -0.1) is 0 Å². The van der Waals surface area contributed by atoms with Crippen molar-refractivity contribution >= 4 is 27.5 Å². The third-order valence-electron chi connectivity index (χ3n) is 2.27. The van der Waals surface area contributed by atoms with Gasteiger partial charge in [0.15, 0.2) is 0 Å². The molecule has 0 heterocycles. The molecule has 0 aliphatic carbocycles. The Kier molecular flexibility index (Phi) is 4.05. The predicted octanol–water partition coefficient (Wildman–Crippen LogP) is 4.35. The van der Waals surface area contributed by atoms with E-state index in [0.717, 1.165) is 15.8 Å². The molecule has 0 aliphatic rings. The molecule has 2 aromatic rings. The van der Waals surface area contributed by atoms with Crippen LogP contribution in [0.3, 0.4) is 0 Å². The highest BCUT2D eigenvalue weighted by molar-refractivity contribution is 9.10. The molecular weight excluding hydrogens is 302 g/mol. The Hall–Kier alpha value is -1.03. The third kappa shape index (κ3) is 3.22. The lowest BCUT2D eigenvalue weighted by Gasteiger charge is -2.10. The Bertz CT molecular complexity index is 531. The summed E-state index contributed by atoms with van der Waals surface area (Å²) in [6, 6.07) is 13.1. The molecule has 0 saturated heterocycles. The lowest BCUT2D eigenvalue weighted by atomic mass is 10.2. The molecule has 17 heavy (non-hydrogen) atoms. The van der Waals surface area contributed by atoms with E-state index in [1.807, 2.05) is 30.3 Å². The van der Waals surface area contributed by atoms with Gasteiger partial charge in [-0.1, -0.05) is 39.7 Å². The van der Waals surface area contributed by atoms with Crippen LogP contribution in [0.4, 0.5) is 0 Å². The first-order valence-corrected chi connectivity index (χ1v) is 6.28. The normalized spacial score (nSPS) is 10.3. The summed E-state index contributed by atoms with van der Waals surface area (Å²) in [6.45, 7) is 0.417. The molecule has 2 nitrogen and oxygen atoms in total. The molecule has 0 spiro atoms. The monoisotopic (exact) mass is 311 g/mol. The van der Waals surface area contributed by atoms with Crippen molar-refractivity contribution in [3.8, 4) is 11.5 Å². The van der Waals surface area contributed by atoms with Crippen LogP contribution in [0, 0.1) is 0 Å². The molecule has 0 fully saturated rings. The number of nitrogens with two attached hydrogens (primary N) is 1. The van der Waals surface area contributed by atoms with Crippen molar-refractivity contribution in [3.05, 3.63) is 57.5 Å². The minimum atomic E-state index is 0.417. The van der Waals surface area contributed by atoms with Crippen LogP contribution in [0.1, 0.15) is 5.56 Å². The number of hydrogen-bond acceptors (Lipinski definition) is 2. The lowest BCUT2D eigenvalue weighted by Crippen LogP contribution is -1.99. The molecule has 0 saturated carbocycles. The predicted molar refractivity (Wildman–Crippen MR) is 73.6 cm³/mol. The first-order chi connectivity index (χ1) is 8.19. The highest BCUT2D eigenvalue weighted by atomic mass is 79.9. The maximum atomic E-state index is 5.94. The van der Waals surface area contributed by atoms with Gasteiger partial charge in [-0.3, -0.25) is 0 Å². The Balaban J connectivity index is 2.32. The quantitative estimate of drug-likeness (QED) is 0.914. The Labute approximate surface area is 113 Å². The molecule has 2 N–H and O–H groups in total. The zero-order valence-corrected chi connectivity index (χ0v) is 11.3. The van der Waals surface area contributed by atoms with Gasteiger partial charge in [-0.25, -0.2) is 0 Å². The standard InChI is InChI=1S/C13H11BrClNO/c14-10-2-1-3-12(6-10)17-13-7-11(15)5-4-9(13)8-16/h1-7H,8,16H2. The van der Waals surface area contributed by atoms with Crippen LogP contribution in [-0.4, -0.2) is 0 Å². The summed E-state index contributed by atoms with van der Waals surface area (Å²) in [6.07, 6.45) is 0. The number of hydrogen-bond donors (Lipinski definition) is 1. The second kappa shape index (κ2) is 5.54. The minimum absolute atomic E-state index is 0.417. The molecule has 0 aliphatic heterocycles. The van der Waals surface area contributed by atoms with Crippen LogP contribution in [0.15, 0.2) is 46.9 Å². The molecule has 88 valence electrons. The van der Waals surface area contributed by atoms with Gasteiger partial charge in [-0.05, 0) is 30.3 Å². The summed E-state index contributed by atoms with van der Waals surface area (Å²) in [5.74, 6) is 1.44. The molecular formula is C13H11BrClNO. The van der Waals surface area contributed by atoms with Crippen molar-refractivity contribution < 1.29 is 4.74 Å². The van der Waals surface area contributed by atoms with Gasteiger partial charge in [-0.2, -0.15) is 0 Å². The Morgan fingerprint density at radius 1 is 1.18 bits per heavy atom. The number of benzene rings is 2. The highest BCUT2D eigenvalue weighted by Gasteiger charge is 2.05. The Morgan fingerprint density at radius 3 is 2.71 bits per heavy atom. The summed E-state index contributed by atoms with van der Waals surface area (Å²) in [7, 11) is 0. The zero-order valence-electron chi connectivity index (χ0n) is 8.99. The van der Waals surface area contributed by atoms with Crippen LogP contribution in [0.5, 0.6) is 11.5 Å². The minimum Gasteiger partial charge on any atom is -0.457 e. The average molecular weight is 313 g/mol. The van der Waals surface area contributed by atoms with E-state index in [1.165, 1.54) is 0 Å². The molecule has 0 amide bonds. The fourth-order valence-electron chi connectivity index (χ4n) is 1.45. The van der Waals surface area contributed by atoms with Crippen LogP contribution < -0.4 is 10.5 Å².